The third kappa shape index (κ3) is 7.48. The van der Waals surface area contributed by atoms with Crippen LogP contribution >= 0.6 is 12.4 Å². The molecule has 0 unspecified atom stereocenters. The summed E-state index contributed by atoms with van der Waals surface area (Å²) in [7, 11) is 0. The summed E-state index contributed by atoms with van der Waals surface area (Å²) in [5.41, 5.74) is -0.0127. The number of nitrogens with zero attached hydrogens (tertiary/aromatic N) is 1. The third-order valence-electron chi connectivity index (χ3n) is 2.58. The SMILES string of the molecule is CCN[C@H](C)CNC(=O)COc1ccc([N+](=O)[O-])cc1.Cl. The van der Waals surface area contributed by atoms with Crippen molar-refractivity contribution in [2.45, 2.75) is 19.9 Å². The standard InChI is InChI=1S/C13H19N3O4.ClH/c1-3-14-10(2)8-15-13(17)9-20-12-6-4-11(5-7-12)16(18)19;/h4-7,10,14H,3,8-9H2,1-2H3,(H,15,17);1H/t10-;/m1./s1. The number of hydrogen-bond acceptors (Lipinski definition) is 5. The molecular weight excluding hydrogens is 298 g/mol. The molecule has 1 amide bonds. The van der Waals surface area contributed by atoms with Gasteiger partial charge in [0.15, 0.2) is 6.61 Å². The predicted molar refractivity (Wildman–Crippen MR) is 82.0 cm³/mol. The molecule has 0 aliphatic carbocycles. The van der Waals surface area contributed by atoms with Crippen molar-refractivity contribution in [3.63, 3.8) is 0 Å². The number of likely N-dealkylation sites (N-methyl/N-ethyl adjacent to an activating group) is 1. The number of benzene rings is 1. The maximum atomic E-state index is 11.5. The number of halogens is 1. The zero-order valence-corrected chi connectivity index (χ0v) is 12.8. The summed E-state index contributed by atoms with van der Waals surface area (Å²) in [4.78, 5) is 21.5. The summed E-state index contributed by atoms with van der Waals surface area (Å²) in [6.45, 7) is 5.22. The molecule has 0 spiro atoms. The van der Waals surface area contributed by atoms with Crippen LogP contribution in [0.3, 0.4) is 0 Å². The van der Waals surface area contributed by atoms with E-state index in [2.05, 4.69) is 10.6 Å². The van der Waals surface area contributed by atoms with Crippen LogP contribution in [-0.4, -0.2) is 36.6 Å². The topological polar surface area (TPSA) is 93.5 Å². The van der Waals surface area contributed by atoms with E-state index in [-0.39, 0.29) is 36.7 Å². The number of nitro groups is 1. The van der Waals surface area contributed by atoms with Crippen LogP contribution in [-0.2, 0) is 4.79 Å². The summed E-state index contributed by atoms with van der Waals surface area (Å²) in [5.74, 6) is 0.193. The smallest absolute Gasteiger partial charge is 0.269 e. The van der Waals surface area contributed by atoms with Gasteiger partial charge in [0.2, 0.25) is 0 Å². The van der Waals surface area contributed by atoms with Gasteiger partial charge in [-0.15, -0.1) is 12.4 Å². The van der Waals surface area contributed by atoms with E-state index in [9.17, 15) is 14.9 Å². The lowest BCUT2D eigenvalue weighted by Gasteiger charge is -2.13. The molecule has 1 aromatic carbocycles. The fraction of sp³-hybridized carbons (Fsp3) is 0.462. The summed E-state index contributed by atoms with van der Waals surface area (Å²) < 4.78 is 5.24. The largest absolute Gasteiger partial charge is 0.484 e. The number of carbonyl (C=O) groups excluding carboxylic acids is 1. The Labute approximate surface area is 129 Å². The van der Waals surface area contributed by atoms with Crippen LogP contribution in [0.25, 0.3) is 0 Å². The first kappa shape index (κ1) is 19.1. The average Bonchev–Trinajstić information content (AvgIpc) is 2.43. The number of nitrogens with one attached hydrogen (secondary N) is 2. The Morgan fingerprint density at radius 3 is 2.52 bits per heavy atom. The predicted octanol–water partition coefficient (Wildman–Crippen LogP) is 1.51. The van der Waals surface area contributed by atoms with Crippen LogP contribution < -0.4 is 15.4 Å². The van der Waals surface area contributed by atoms with Gasteiger partial charge in [0.1, 0.15) is 5.75 Å². The van der Waals surface area contributed by atoms with Crippen LogP contribution in [0.2, 0.25) is 0 Å². The lowest BCUT2D eigenvalue weighted by Crippen LogP contribution is -2.40. The van der Waals surface area contributed by atoms with E-state index in [0.717, 1.165) is 6.54 Å². The Morgan fingerprint density at radius 1 is 1.38 bits per heavy atom. The summed E-state index contributed by atoms with van der Waals surface area (Å²) in [6, 6.07) is 5.80. The molecular formula is C13H20ClN3O4. The number of hydrogen-bond donors (Lipinski definition) is 2. The maximum absolute atomic E-state index is 11.5. The molecule has 118 valence electrons. The highest BCUT2D eigenvalue weighted by Gasteiger charge is 2.07. The van der Waals surface area contributed by atoms with Gasteiger partial charge in [0.05, 0.1) is 4.92 Å². The number of carbonyl (C=O) groups is 1. The lowest BCUT2D eigenvalue weighted by atomic mass is 10.3. The lowest BCUT2D eigenvalue weighted by molar-refractivity contribution is -0.384. The molecule has 8 heteroatoms. The Morgan fingerprint density at radius 2 is 2.00 bits per heavy atom. The van der Waals surface area contributed by atoms with Crippen LogP contribution in [0.5, 0.6) is 5.75 Å². The van der Waals surface area contributed by atoms with Gasteiger partial charge in [-0.1, -0.05) is 6.92 Å². The molecule has 2 N–H and O–H groups in total. The minimum Gasteiger partial charge on any atom is -0.484 e. The molecule has 21 heavy (non-hydrogen) atoms. The second-order valence-corrected chi connectivity index (χ2v) is 4.30. The van der Waals surface area contributed by atoms with Crippen LogP contribution in [0.4, 0.5) is 5.69 Å². The van der Waals surface area contributed by atoms with Gasteiger partial charge < -0.3 is 15.4 Å². The molecule has 0 aliphatic heterocycles. The molecule has 1 aromatic rings. The van der Waals surface area contributed by atoms with Crippen molar-refractivity contribution < 1.29 is 14.5 Å². The van der Waals surface area contributed by atoms with Crippen molar-refractivity contribution in [1.82, 2.24) is 10.6 Å². The molecule has 0 saturated heterocycles. The van der Waals surface area contributed by atoms with Gasteiger partial charge in [0.25, 0.3) is 11.6 Å². The van der Waals surface area contributed by atoms with E-state index in [1.165, 1.54) is 24.3 Å². The number of rotatable bonds is 8. The molecule has 0 aliphatic rings. The van der Waals surface area contributed by atoms with Crippen molar-refractivity contribution in [2.75, 3.05) is 19.7 Å². The van der Waals surface area contributed by atoms with E-state index >= 15 is 0 Å². The highest BCUT2D eigenvalue weighted by Crippen LogP contribution is 2.16. The molecule has 0 saturated carbocycles. The minimum atomic E-state index is -0.487. The molecule has 0 radical (unpaired) electrons. The molecule has 0 bridgehead atoms. The number of nitro benzene ring substituents is 1. The van der Waals surface area contributed by atoms with E-state index in [0.29, 0.717) is 12.3 Å². The van der Waals surface area contributed by atoms with Crippen molar-refractivity contribution in [1.29, 1.82) is 0 Å². The van der Waals surface area contributed by atoms with Crippen molar-refractivity contribution in [2.24, 2.45) is 0 Å². The Bertz CT molecular complexity index is 453. The zero-order valence-electron chi connectivity index (χ0n) is 12.0. The first-order valence-corrected chi connectivity index (χ1v) is 6.40. The fourth-order valence-electron chi connectivity index (χ4n) is 1.55. The van der Waals surface area contributed by atoms with E-state index in [1.54, 1.807) is 0 Å². The normalized spacial score (nSPS) is 11.1. The minimum absolute atomic E-state index is 0. The zero-order chi connectivity index (χ0) is 15.0. The number of non-ortho nitro benzene ring substituents is 1. The van der Waals surface area contributed by atoms with Crippen molar-refractivity contribution >= 4 is 24.0 Å². The Balaban J connectivity index is 0.00000400. The van der Waals surface area contributed by atoms with Gasteiger partial charge in [-0.2, -0.15) is 0 Å². The highest BCUT2D eigenvalue weighted by molar-refractivity contribution is 5.85. The summed E-state index contributed by atoms with van der Waals surface area (Å²) in [6.07, 6.45) is 0. The number of ether oxygens (including phenoxy) is 1. The quantitative estimate of drug-likeness (QED) is 0.560. The summed E-state index contributed by atoms with van der Waals surface area (Å²) in [5, 5.41) is 16.4. The molecule has 1 rings (SSSR count). The van der Waals surface area contributed by atoms with Crippen molar-refractivity contribution in [3.05, 3.63) is 34.4 Å². The Kier molecular flexibility index (Phi) is 9.07. The van der Waals surface area contributed by atoms with E-state index < -0.39 is 4.92 Å². The molecule has 7 nitrogen and oxygen atoms in total. The molecule has 0 heterocycles. The molecule has 1 atom stereocenters. The number of amides is 1. The van der Waals surface area contributed by atoms with Gasteiger partial charge in [-0.3, -0.25) is 14.9 Å². The van der Waals surface area contributed by atoms with E-state index in [1.807, 2.05) is 13.8 Å². The van der Waals surface area contributed by atoms with Crippen LogP contribution in [0.15, 0.2) is 24.3 Å². The van der Waals surface area contributed by atoms with Crippen LogP contribution in [0.1, 0.15) is 13.8 Å². The van der Waals surface area contributed by atoms with Crippen LogP contribution in [0, 0.1) is 10.1 Å². The second kappa shape index (κ2) is 9.95. The Hall–Kier alpha value is -1.86. The fourth-order valence-corrected chi connectivity index (χ4v) is 1.55. The van der Waals surface area contributed by atoms with E-state index in [4.69, 9.17) is 4.74 Å². The maximum Gasteiger partial charge on any atom is 0.269 e. The second-order valence-electron chi connectivity index (χ2n) is 4.30. The average molecular weight is 318 g/mol. The van der Waals surface area contributed by atoms with Gasteiger partial charge in [0, 0.05) is 24.7 Å². The highest BCUT2D eigenvalue weighted by atomic mass is 35.5. The molecule has 0 aromatic heterocycles. The first-order chi connectivity index (χ1) is 9.52. The van der Waals surface area contributed by atoms with Gasteiger partial charge >= 0.3 is 0 Å². The summed E-state index contributed by atoms with van der Waals surface area (Å²) >= 11 is 0. The van der Waals surface area contributed by atoms with Crippen molar-refractivity contribution in [3.8, 4) is 5.75 Å². The first-order valence-electron chi connectivity index (χ1n) is 6.40. The van der Waals surface area contributed by atoms with Gasteiger partial charge in [-0.25, -0.2) is 0 Å². The molecule has 0 fully saturated rings. The monoisotopic (exact) mass is 317 g/mol. The third-order valence-corrected chi connectivity index (χ3v) is 2.58. The van der Waals surface area contributed by atoms with Gasteiger partial charge in [-0.05, 0) is 25.6 Å².